The molecule has 1 aliphatic rings. The summed E-state index contributed by atoms with van der Waals surface area (Å²) in [4.78, 5) is 0. The van der Waals surface area contributed by atoms with Gasteiger partial charge in [-0.25, -0.2) is 0 Å². The van der Waals surface area contributed by atoms with Crippen molar-refractivity contribution >= 4 is 0 Å². The van der Waals surface area contributed by atoms with Crippen molar-refractivity contribution in [1.82, 2.24) is 0 Å². The number of halogens is 3. The minimum atomic E-state index is -4.04. The summed E-state index contributed by atoms with van der Waals surface area (Å²) in [6.45, 7) is 4.46. The first-order valence-electron chi connectivity index (χ1n) is 7.13. The van der Waals surface area contributed by atoms with Gasteiger partial charge in [-0.05, 0) is 32.1 Å². The van der Waals surface area contributed by atoms with Crippen molar-refractivity contribution in [1.29, 1.82) is 0 Å². The van der Waals surface area contributed by atoms with E-state index in [1.54, 1.807) is 0 Å². The first-order chi connectivity index (χ1) is 8.45. The van der Waals surface area contributed by atoms with E-state index in [4.69, 9.17) is 4.74 Å². The molecule has 0 aromatic rings. The lowest BCUT2D eigenvalue weighted by molar-refractivity contribution is -0.193. The van der Waals surface area contributed by atoms with Crippen molar-refractivity contribution in [2.45, 2.75) is 77.5 Å². The Labute approximate surface area is 108 Å². The Morgan fingerprint density at radius 1 is 1.11 bits per heavy atom. The highest BCUT2D eigenvalue weighted by atomic mass is 19.4. The summed E-state index contributed by atoms with van der Waals surface area (Å²) in [5.41, 5.74) is -1.41. The average Bonchev–Trinajstić information content (AvgIpc) is 3.06. The van der Waals surface area contributed by atoms with Gasteiger partial charge < -0.3 is 4.74 Å². The maximum Gasteiger partial charge on any atom is 0.394 e. The molecule has 1 atom stereocenters. The molecule has 1 unspecified atom stereocenters. The summed E-state index contributed by atoms with van der Waals surface area (Å²) >= 11 is 0. The molecular weight excluding hydrogens is 241 g/mol. The quantitative estimate of drug-likeness (QED) is 0.564. The molecule has 0 amide bonds. The summed E-state index contributed by atoms with van der Waals surface area (Å²) in [5, 5.41) is 0. The van der Waals surface area contributed by atoms with Crippen LogP contribution in [0.25, 0.3) is 0 Å². The molecule has 0 spiro atoms. The third kappa shape index (κ3) is 4.45. The normalized spacial score (nSPS) is 19.8. The summed E-state index contributed by atoms with van der Waals surface area (Å²) < 4.78 is 43.8. The Bertz CT molecular complexity index is 234. The molecule has 1 rings (SSSR count). The van der Waals surface area contributed by atoms with Crippen LogP contribution in [0.1, 0.15) is 65.2 Å². The van der Waals surface area contributed by atoms with E-state index in [2.05, 4.69) is 13.8 Å². The maximum atomic E-state index is 12.7. The predicted octanol–water partition coefficient (Wildman–Crippen LogP) is 5.09. The van der Waals surface area contributed by atoms with Crippen LogP contribution in [0.5, 0.6) is 0 Å². The van der Waals surface area contributed by atoms with Crippen LogP contribution < -0.4 is 0 Å². The number of hydrogen-bond donors (Lipinski definition) is 0. The summed E-state index contributed by atoms with van der Waals surface area (Å²) in [6.07, 6.45) is 1.98. The standard InChI is InChI=1S/C14H25F3O/c1-3-5-7-12(6-4-2)18-11-10-13(8-9-13)14(15,16)17/h12H,3-11H2,1-2H3. The van der Waals surface area contributed by atoms with Crippen LogP contribution in [0.4, 0.5) is 13.2 Å². The van der Waals surface area contributed by atoms with Gasteiger partial charge in [0.2, 0.25) is 0 Å². The molecule has 4 heteroatoms. The molecular formula is C14H25F3O. The minimum Gasteiger partial charge on any atom is -0.378 e. The maximum absolute atomic E-state index is 12.7. The van der Waals surface area contributed by atoms with E-state index in [0.717, 1.165) is 32.1 Å². The largest absolute Gasteiger partial charge is 0.394 e. The monoisotopic (exact) mass is 266 g/mol. The highest BCUT2D eigenvalue weighted by Crippen LogP contribution is 2.59. The number of ether oxygens (including phenoxy) is 1. The van der Waals surface area contributed by atoms with Gasteiger partial charge in [0.05, 0.1) is 11.5 Å². The highest BCUT2D eigenvalue weighted by molar-refractivity contribution is 4.98. The number of hydrogen-bond acceptors (Lipinski definition) is 1. The number of rotatable bonds is 9. The highest BCUT2D eigenvalue weighted by Gasteiger charge is 2.62. The molecule has 0 aromatic carbocycles. The van der Waals surface area contributed by atoms with Crippen molar-refractivity contribution in [3.8, 4) is 0 Å². The van der Waals surface area contributed by atoms with Gasteiger partial charge in [-0.15, -0.1) is 0 Å². The Morgan fingerprint density at radius 2 is 1.78 bits per heavy atom. The average molecular weight is 266 g/mol. The van der Waals surface area contributed by atoms with Gasteiger partial charge in [0.25, 0.3) is 0 Å². The molecule has 108 valence electrons. The van der Waals surface area contributed by atoms with Gasteiger partial charge in [0.15, 0.2) is 0 Å². The zero-order valence-corrected chi connectivity index (χ0v) is 11.5. The molecule has 1 fully saturated rings. The van der Waals surface area contributed by atoms with Crippen molar-refractivity contribution in [3.63, 3.8) is 0 Å². The zero-order chi connectivity index (χ0) is 13.6. The number of unbranched alkanes of at least 4 members (excludes halogenated alkanes) is 1. The SMILES string of the molecule is CCCCC(CCC)OCCC1(C(F)(F)F)CC1. The van der Waals surface area contributed by atoms with Crippen LogP contribution in [0.3, 0.4) is 0 Å². The van der Waals surface area contributed by atoms with E-state index in [9.17, 15) is 13.2 Å². The second-order valence-electron chi connectivity index (χ2n) is 5.45. The van der Waals surface area contributed by atoms with E-state index in [0.29, 0.717) is 0 Å². The molecule has 1 aliphatic carbocycles. The van der Waals surface area contributed by atoms with Crippen molar-refractivity contribution in [2.75, 3.05) is 6.61 Å². The van der Waals surface area contributed by atoms with E-state index in [1.807, 2.05) is 0 Å². The lowest BCUT2D eigenvalue weighted by Crippen LogP contribution is -2.27. The summed E-state index contributed by atoms with van der Waals surface area (Å²) in [5.74, 6) is 0. The van der Waals surface area contributed by atoms with Gasteiger partial charge in [0, 0.05) is 6.61 Å². The molecule has 0 radical (unpaired) electrons. The molecule has 0 N–H and O–H groups in total. The van der Waals surface area contributed by atoms with Crippen LogP contribution in [0, 0.1) is 5.41 Å². The minimum absolute atomic E-state index is 0.142. The molecule has 0 saturated heterocycles. The molecule has 0 bridgehead atoms. The van der Waals surface area contributed by atoms with Gasteiger partial charge in [-0.2, -0.15) is 13.2 Å². The molecule has 1 nitrogen and oxygen atoms in total. The van der Waals surface area contributed by atoms with Crippen LogP contribution in [0.15, 0.2) is 0 Å². The lowest BCUT2D eigenvalue weighted by Gasteiger charge is -2.22. The van der Waals surface area contributed by atoms with Crippen molar-refractivity contribution < 1.29 is 17.9 Å². The second-order valence-corrected chi connectivity index (χ2v) is 5.45. The van der Waals surface area contributed by atoms with Gasteiger partial charge in [-0.3, -0.25) is 0 Å². The van der Waals surface area contributed by atoms with Gasteiger partial charge in [-0.1, -0.05) is 33.1 Å². The Hall–Kier alpha value is -0.250. The molecule has 0 heterocycles. The van der Waals surface area contributed by atoms with Gasteiger partial charge >= 0.3 is 6.18 Å². The topological polar surface area (TPSA) is 9.23 Å². The fraction of sp³-hybridized carbons (Fsp3) is 1.00. The zero-order valence-electron chi connectivity index (χ0n) is 11.5. The second kappa shape index (κ2) is 6.78. The van der Waals surface area contributed by atoms with E-state index >= 15 is 0 Å². The molecule has 0 aliphatic heterocycles. The molecule has 0 aromatic heterocycles. The fourth-order valence-corrected chi connectivity index (χ4v) is 2.31. The van der Waals surface area contributed by atoms with Gasteiger partial charge in [0.1, 0.15) is 0 Å². The fourth-order valence-electron chi connectivity index (χ4n) is 2.31. The van der Waals surface area contributed by atoms with Crippen LogP contribution >= 0.6 is 0 Å². The summed E-state index contributed by atoms with van der Waals surface area (Å²) in [6, 6.07) is 0. The van der Waals surface area contributed by atoms with E-state index in [-0.39, 0.29) is 32.0 Å². The van der Waals surface area contributed by atoms with Crippen LogP contribution in [-0.4, -0.2) is 18.9 Å². The predicted molar refractivity (Wildman–Crippen MR) is 66.5 cm³/mol. The third-order valence-electron chi connectivity index (χ3n) is 3.88. The smallest absolute Gasteiger partial charge is 0.378 e. The van der Waals surface area contributed by atoms with Crippen molar-refractivity contribution in [2.24, 2.45) is 5.41 Å². The number of alkyl halides is 3. The first kappa shape index (κ1) is 15.8. The molecule has 18 heavy (non-hydrogen) atoms. The Morgan fingerprint density at radius 3 is 2.22 bits per heavy atom. The summed E-state index contributed by atoms with van der Waals surface area (Å²) in [7, 11) is 0. The first-order valence-corrected chi connectivity index (χ1v) is 7.13. The molecule has 1 saturated carbocycles. The van der Waals surface area contributed by atoms with Crippen molar-refractivity contribution in [3.05, 3.63) is 0 Å². The van der Waals surface area contributed by atoms with E-state index in [1.165, 1.54) is 0 Å². The third-order valence-corrected chi connectivity index (χ3v) is 3.88. The lowest BCUT2D eigenvalue weighted by atomic mass is 10.0. The Balaban J connectivity index is 2.26. The van der Waals surface area contributed by atoms with E-state index < -0.39 is 11.6 Å². The Kier molecular flexibility index (Phi) is 5.96. The van der Waals surface area contributed by atoms with Crippen LogP contribution in [-0.2, 0) is 4.74 Å². The van der Waals surface area contributed by atoms with Crippen LogP contribution in [0.2, 0.25) is 0 Å².